The average molecular weight is 299 g/mol. The second kappa shape index (κ2) is 7.37. The molecule has 0 spiro atoms. The summed E-state index contributed by atoms with van der Waals surface area (Å²) in [5.41, 5.74) is 0.535. The number of anilines is 1. The molecule has 0 aromatic heterocycles. The van der Waals surface area contributed by atoms with E-state index in [-0.39, 0.29) is 23.4 Å². The lowest BCUT2D eigenvalue weighted by molar-refractivity contribution is -0.115. The van der Waals surface area contributed by atoms with Crippen LogP contribution in [-0.2, 0) is 14.8 Å². The molecule has 1 rings (SSSR count). The van der Waals surface area contributed by atoms with Crippen LogP contribution < -0.4 is 15.8 Å². The van der Waals surface area contributed by atoms with E-state index in [1.807, 2.05) is 6.92 Å². The van der Waals surface area contributed by atoms with Gasteiger partial charge >= 0.3 is 0 Å². The maximum atomic E-state index is 11.7. The third kappa shape index (κ3) is 5.68. The molecule has 0 radical (unpaired) electrons. The number of hydrogen-bond acceptors (Lipinski definition) is 4. The fourth-order valence-electron chi connectivity index (χ4n) is 1.74. The van der Waals surface area contributed by atoms with Crippen LogP contribution in [0.2, 0.25) is 0 Å². The minimum Gasteiger partial charge on any atom is -0.325 e. The van der Waals surface area contributed by atoms with Crippen LogP contribution in [0.1, 0.15) is 26.7 Å². The van der Waals surface area contributed by atoms with Crippen LogP contribution in [0, 0.1) is 0 Å². The van der Waals surface area contributed by atoms with Crippen LogP contribution >= 0.6 is 0 Å². The molecule has 4 N–H and O–H groups in total. The Morgan fingerprint density at radius 3 is 2.40 bits per heavy atom. The molecule has 1 aromatic rings. The number of primary sulfonamides is 1. The molecule has 112 valence electrons. The fourth-order valence-corrected chi connectivity index (χ4v) is 2.25. The molecular weight excluding hydrogens is 278 g/mol. The number of rotatable bonds is 7. The molecule has 0 aliphatic heterocycles. The Bertz CT molecular complexity index is 540. The van der Waals surface area contributed by atoms with Gasteiger partial charge in [-0.15, -0.1) is 0 Å². The second-order valence-corrected chi connectivity index (χ2v) is 6.25. The zero-order valence-corrected chi connectivity index (χ0v) is 12.5. The molecule has 1 aromatic carbocycles. The number of carbonyl (C=O) groups excluding carboxylic acids is 1. The van der Waals surface area contributed by atoms with Crippen LogP contribution in [0.3, 0.4) is 0 Å². The van der Waals surface area contributed by atoms with Crippen molar-refractivity contribution in [2.24, 2.45) is 5.14 Å². The van der Waals surface area contributed by atoms with Crippen molar-refractivity contribution in [2.45, 2.75) is 37.6 Å². The lowest BCUT2D eigenvalue weighted by atomic mass is 10.2. The SMILES string of the molecule is CCCC(C)NCC(=O)Nc1ccc(S(N)(=O)=O)cc1. The standard InChI is InChI=1S/C13H21N3O3S/c1-3-4-10(2)15-9-13(17)16-11-5-7-12(8-6-11)20(14,18)19/h5-8,10,15H,3-4,9H2,1-2H3,(H,16,17)(H2,14,18,19). The van der Waals surface area contributed by atoms with E-state index >= 15 is 0 Å². The van der Waals surface area contributed by atoms with Gasteiger partial charge in [-0.1, -0.05) is 13.3 Å². The molecule has 1 unspecified atom stereocenters. The van der Waals surface area contributed by atoms with Gasteiger partial charge < -0.3 is 10.6 Å². The van der Waals surface area contributed by atoms with Gasteiger partial charge in [-0.25, -0.2) is 13.6 Å². The molecular formula is C13H21N3O3S. The highest BCUT2D eigenvalue weighted by molar-refractivity contribution is 7.89. The minimum atomic E-state index is -3.70. The summed E-state index contributed by atoms with van der Waals surface area (Å²) in [5, 5.41) is 10.8. The number of amides is 1. The van der Waals surface area contributed by atoms with Crippen LogP contribution in [-0.4, -0.2) is 26.9 Å². The highest BCUT2D eigenvalue weighted by Gasteiger charge is 2.08. The van der Waals surface area contributed by atoms with Gasteiger partial charge in [0.05, 0.1) is 11.4 Å². The second-order valence-electron chi connectivity index (χ2n) is 4.69. The quantitative estimate of drug-likeness (QED) is 0.700. The predicted octanol–water partition coefficient (Wildman–Crippen LogP) is 1.05. The van der Waals surface area contributed by atoms with Crippen molar-refractivity contribution in [2.75, 3.05) is 11.9 Å². The van der Waals surface area contributed by atoms with Gasteiger partial charge in [-0.3, -0.25) is 4.79 Å². The van der Waals surface area contributed by atoms with Crippen molar-refractivity contribution >= 4 is 21.6 Å². The Kier molecular flexibility index (Phi) is 6.12. The van der Waals surface area contributed by atoms with Gasteiger partial charge in [-0.2, -0.15) is 0 Å². The smallest absolute Gasteiger partial charge is 0.238 e. The van der Waals surface area contributed by atoms with E-state index in [0.717, 1.165) is 12.8 Å². The molecule has 1 amide bonds. The zero-order valence-electron chi connectivity index (χ0n) is 11.7. The Balaban J connectivity index is 2.50. The first-order chi connectivity index (χ1) is 9.32. The van der Waals surface area contributed by atoms with E-state index in [9.17, 15) is 13.2 Å². The summed E-state index contributed by atoms with van der Waals surface area (Å²) in [5.74, 6) is -0.170. The molecule has 0 aliphatic carbocycles. The van der Waals surface area contributed by atoms with Gasteiger partial charge in [0, 0.05) is 11.7 Å². The van der Waals surface area contributed by atoms with Crippen molar-refractivity contribution < 1.29 is 13.2 Å². The summed E-state index contributed by atoms with van der Waals surface area (Å²) in [6.45, 7) is 4.33. The minimum absolute atomic E-state index is 0.0187. The van der Waals surface area contributed by atoms with Crippen molar-refractivity contribution in [3.8, 4) is 0 Å². The van der Waals surface area contributed by atoms with E-state index in [1.165, 1.54) is 24.3 Å². The number of nitrogens with two attached hydrogens (primary N) is 1. The third-order valence-corrected chi connectivity index (χ3v) is 3.73. The van der Waals surface area contributed by atoms with E-state index in [2.05, 4.69) is 17.6 Å². The van der Waals surface area contributed by atoms with Crippen LogP contribution in [0.4, 0.5) is 5.69 Å². The monoisotopic (exact) mass is 299 g/mol. The van der Waals surface area contributed by atoms with Gasteiger partial charge in [0.15, 0.2) is 0 Å². The maximum absolute atomic E-state index is 11.7. The van der Waals surface area contributed by atoms with Gasteiger partial charge in [0.25, 0.3) is 0 Å². The van der Waals surface area contributed by atoms with Crippen LogP contribution in [0.25, 0.3) is 0 Å². The Morgan fingerprint density at radius 2 is 1.90 bits per heavy atom. The molecule has 0 fully saturated rings. The Morgan fingerprint density at radius 1 is 1.30 bits per heavy atom. The van der Waals surface area contributed by atoms with Crippen LogP contribution in [0.15, 0.2) is 29.2 Å². The number of carbonyl (C=O) groups is 1. The van der Waals surface area contributed by atoms with E-state index < -0.39 is 10.0 Å². The normalized spacial score (nSPS) is 12.9. The number of benzene rings is 1. The molecule has 1 atom stereocenters. The predicted molar refractivity (Wildman–Crippen MR) is 78.8 cm³/mol. The summed E-state index contributed by atoms with van der Waals surface area (Å²) < 4.78 is 22.2. The highest BCUT2D eigenvalue weighted by atomic mass is 32.2. The maximum Gasteiger partial charge on any atom is 0.238 e. The fraction of sp³-hybridized carbons (Fsp3) is 0.462. The topological polar surface area (TPSA) is 101 Å². The summed E-state index contributed by atoms with van der Waals surface area (Å²) in [6.07, 6.45) is 2.07. The molecule has 20 heavy (non-hydrogen) atoms. The summed E-state index contributed by atoms with van der Waals surface area (Å²) >= 11 is 0. The Labute approximate surface area is 119 Å². The average Bonchev–Trinajstić information content (AvgIpc) is 2.36. The molecule has 0 saturated carbocycles. The molecule has 6 nitrogen and oxygen atoms in total. The number of hydrogen-bond donors (Lipinski definition) is 3. The van der Waals surface area contributed by atoms with Crippen LogP contribution in [0.5, 0.6) is 0 Å². The van der Waals surface area contributed by atoms with E-state index in [1.54, 1.807) is 0 Å². The van der Waals surface area contributed by atoms with Crippen molar-refractivity contribution in [3.05, 3.63) is 24.3 Å². The first-order valence-corrected chi connectivity index (χ1v) is 8.03. The van der Waals surface area contributed by atoms with Gasteiger partial charge in [-0.05, 0) is 37.6 Å². The Hall–Kier alpha value is -1.44. The molecule has 0 saturated heterocycles. The lowest BCUT2D eigenvalue weighted by Crippen LogP contribution is -2.34. The highest BCUT2D eigenvalue weighted by Crippen LogP contribution is 2.12. The van der Waals surface area contributed by atoms with E-state index in [0.29, 0.717) is 5.69 Å². The molecule has 7 heteroatoms. The van der Waals surface area contributed by atoms with Gasteiger partial charge in [0.2, 0.25) is 15.9 Å². The molecule has 0 heterocycles. The third-order valence-electron chi connectivity index (χ3n) is 2.80. The summed E-state index contributed by atoms with van der Waals surface area (Å²) in [4.78, 5) is 11.7. The lowest BCUT2D eigenvalue weighted by Gasteiger charge is -2.12. The summed E-state index contributed by atoms with van der Waals surface area (Å²) in [7, 11) is -3.70. The van der Waals surface area contributed by atoms with Crippen molar-refractivity contribution in [3.63, 3.8) is 0 Å². The largest absolute Gasteiger partial charge is 0.325 e. The van der Waals surface area contributed by atoms with E-state index in [4.69, 9.17) is 5.14 Å². The zero-order chi connectivity index (χ0) is 15.2. The molecule has 0 bridgehead atoms. The number of nitrogens with one attached hydrogen (secondary N) is 2. The number of sulfonamides is 1. The van der Waals surface area contributed by atoms with Gasteiger partial charge in [0.1, 0.15) is 0 Å². The summed E-state index contributed by atoms with van der Waals surface area (Å²) in [6, 6.07) is 6.02. The first-order valence-electron chi connectivity index (χ1n) is 6.49. The molecule has 0 aliphatic rings. The van der Waals surface area contributed by atoms with Crippen molar-refractivity contribution in [1.82, 2.24) is 5.32 Å². The van der Waals surface area contributed by atoms with Crippen molar-refractivity contribution in [1.29, 1.82) is 0 Å². The first kappa shape index (κ1) is 16.6.